The molecule has 0 radical (unpaired) electrons. The highest BCUT2D eigenvalue weighted by Crippen LogP contribution is 2.46. The second-order valence-electron chi connectivity index (χ2n) is 6.08. The monoisotopic (exact) mass is 398 g/mol. The molecule has 1 aliphatic carbocycles. The molecule has 0 aliphatic heterocycles. The lowest BCUT2D eigenvalue weighted by Gasteiger charge is -2.43. The van der Waals surface area contributed by atoms with Crippen LogP contribution in [0.2, 0.25) is 0 Å². The zero-order valence-electron chi connectivity index (χ0n) is 13.6. The van der Waals surface area contributed by atoms with Gasteiger partial charge in [0.25, 0.3) is 0 Å². The molecule has 0 heterocycles. The predicted molar refractivity (Wildman–Crippen MR) is 88.1 cm³/mol. The SMILES string of the molecule is COC(=O)[C@@H]1C(=O)C[C@](C)(O)[C@H](C(=O)OC)[C@H]1c1cccc(Br)c1. The first kappa shape index (κ1) is 18.6. The van der Waals surface area contributed by atoms with Gasteiger partial charge in [-0.25, -0.2) is 0 Å². The number of halogens is 1. The topological polar surface area (TPSA) is 89.9 Å². The van der Waals surface area contributed by atoms with E-state index in [9.17, 15) is 19.5 Å². The van der Waals surface area contributed by atoms with Gasteiger partial charge in [0.15, 0.2) is 5.78 Å². The average Bonchev–Trinajstić information content (AvgIpc) is 2.52. The minimum absolute atomic E-state index is 0.322. The van der Waals surface area contributed by atoms with Crippen molar-refractivity contribution in [3.05, 3.63) is 34.3 Å². The molecular weight excluding hydrogens is 380 g/mol. The van der Waals surface area contributed by atoms with E-state index in [0.717, 1.165) is 4.47 Å². The first-order valence-electron chi connectivity index (χ1n) is 7.39. The summed E-state index contributed by atoms with van der Waals surface area (Å²) in [6.07, 6.45) is -0.322. The van der Waals surface area contributed by atoms with Gasteiger partial charge in [0.1, 0.15) is 5.92 Å². The molecule has 0 aromatic heterocycles. The summed E-state index contributed by atoms with van der Waals surface area (Å²) in [5.41, 5.74) is -1.05. The van der Waals surface area contributed by atoms with Crippen molar-refractivity contribution in [3.8, 4) is 0 Å². The van der Waals surface area contributed by atoms with E-state index < -0.39 is 41.1 Å². The molecule has 1 fully saturated rings. The van der Waals surface area contributed by atoms with Gasteiger partial charge >= 0.3 is 11.9 Å². The van der Waals surface area contributed by atoms with Crippen LogP contribution in [0.5, 0.6) is 0 Å². The number of ether oxygens (including phenoxy) is 2. The minimum Gasteiger partial charge on any atom is -0.469 e. The van der Waals surface area contributed by atoms with E-state index in [4.69, 9.17) is 9.47 Å². The third-order valence-corrected chi connectivity index (χ3v) is 4.90. The van der Waals surface area contributed by atoms with Crippen LogP contribution in [0, 0.1) is 11.8 Å². The van der Waals surface area contributed by atoms with Crippen LogP contribution >= 0.6 is 15.9 Å². The number of ketones is 1. The van der Waals surface area contributed by atoms with Crippen LogP contribution < -0.4 is 0 Å². The Kier molecular flexibility index (Phi) is 5.45. The molecule has 0 saturated heterocycles. The van der Waals surface area contributed by atoms with E-state index in [2.05, 4.69) is 15.9 Å². The summed E-state index contributed by atoms with van der Waals surface area (Å²) in [4.78, 5) is 37.1. The van der Waals surface area contributed by atoms with Crippen LogP contribution in [0.25, 0.3) is 0 Å². The molecular formula is C17H19BrO6. The van der Waals surface area contributed by atoms with E-state index in [1.807, 2.05) is 0 Å². The van der Waals surface area contributed by atoms with Crippen LogP contribution in [0.1, 0.15) is 24.8 Å². The Morgan fingerprint density at radius 2 is 1.88 bits per heavy atom. The van der Waals surface area contributed by atoms with Crippen LogP contribution in [-0.4, -0.2) is 42.6 Å². The van der Waals surface area contributed by atoms with Crippen LogP contribution in [0.4, 0.5) is 0 Å². The molecule has 6 nitrogen and oxygen atoms in total. The highest BCUT2D eigenvalue weighted by molar-refractivity contribution is 9.10. The van der Waals surface area contributed by atoms with Gasteiger partial charge < -0.3 is 14.6 Å². The molecule has 1 N–H and O–H groups in total. The Balaban J connectivity index is 2.65. The van der Waals surface area contributed by atoms with Crippen molar-refractivity contribution >= 4 is 33.7 Å². The molecule has 1 saturated carbocycles. The standard InChI is InChI=1S/C17H19BrO6/c1-17(22)8-11(19)13(15(20)23-2)12(14(17)16(21)24-3)9-5-4-6-10(18)7-9/h4-7,12-14,22H,8H2,1-3H3/t12-,13+,14-,17-/m0/s1. The molecule has 130 valence electrons. The smallest absolute Gasteiger partial charge is 0.316 e. The lowest BCUT2D eigenvalue weighted by molar-refractivity contribution is -0.170. The van der Waals surface area contributed by atoms with Gasteiger partial charge in [0, 0.05) is 16.8 Å². The lowest BCUT2D eigenvalue weighted by atomic mass is 9.62. The highest BCUT2D eigenvalue weighted by atomic mass is 79.9. The van der Waals surface area contributed by atoms with Gasteiger partial charge in [-0.2, -0.15) is 0 Å². The van der Waals surface area contributed by atoms with E-state index in [1.54, 1.807) is 24.3 Å². The third kappa shape index (κ3) is 3.37. The van der Waals surface area contributed by atoms with Crippen LogP contribution in [0.15, 0.2) is 28.7 Å². The molecule has 1 aromatic rings. The van der Waals surface area contributed by atoms with Gasteiger partial charge in [-0.05, 0) is 24.6 Å². The molecule has 0 unspecified atom stereocenters. The lowest BCUT2D eigenvalue weighted by Crippen LogP contribution is -2.55. The maximum absolute atomic E-state index is 12.5. The maximum Gasteiger partial charge on any atom is 0.316 e. The number of Topliss-reactive ketones (excluding diaryl/α,β-unsaturated/α-hetero) is 1. The van der Waals surface area contributed by atoms with Crippen LogP contribution in [0.3, 0.4) is 0 Å². The van der Waals surface area contributed by atoms with Crippen molar-refractivity contribution in [3.63, 3.8) is 0 Å². The maximum atomic E-state index is 12.5. The molecule has 0 bridgehead atoms. The average molecular weight is 399 g/mol. The first-order chi connectivity index (χ1) is 11.2. The summed E-state index contributed by atoms with van der Waals surface area (Å²) < 4.78 is 10.3. The number of esters is 2. The largest absolute Gasteiger partial charge is 0.469 e. The fraction of sp³-hybridized carbons (Fsp3) is 0.471. The fourth-order valence-electron chi connectivity index (χ4n) is 3.38. The van der Waals surface area contributed by atoms with Crippen molar-refractivity contribution in [1.82, 2.24) is 0 Å². The Bertz CT molecular complexity index is 669. The molecule has 1 aromatic carbocycles. The molecule has 0 spiro atoms. The minimum atomic E-state index is -1.62. The highest BCUT2D eigenvalue weighted by Gasteiger charge is 2.56. The summed E-state index contributed by atoms with van der Waals surface area (Å²) in [7, 11) is 2.40. The van der Waals surface area contributed by atoms with E-state index in [-0.39, 0.29) is 6.42 Å². The third-order valence-electron chi connectivity index (χ3n) is 4.41. The number of aliphatic hydroxyl groups is 1. The summed E-state index contributed by atoms with van der Waals surface area (Å²) in [6, 6.07) is 6.93. The van der Waals surface area contributed by atoms with Crippen molar-refractivity contribution in [2.45, 2.75) is 24.9 Å². The van der Waals surface area contributed by atoms with Crippen molar-refractivity contribution in [2.24, 2.45) is 11.8 Å². The van der Waals surface area contributed by atoms with Crippen molar-refractivity contribution in [2.75, 3.05) is 14.2 Å². The van der Waals surface area contributed by atoms with Gasteiger partial charge in [-0.15, -0.1) is 0 Å². The molecule has 1 aliphatic rings. The van der Waals surface area contributed by atoms with Gasteiger partial charge in [0.2, 0.25) is 0 Å². The molecule has 2 rings (SSSR count). The second kappa shape index (κ2) is 7.03. The number of carbonyl (C=O) groups is 3. The van der Waals surface area contributed by atoms with Crippen molar-refractivity contribution in [1.29, 1.82) is 0 Å². The Morgan fingerprint density at radius 3 is 2.42 bits per heavy atom. The van der Waals surface area contributed by atoms with Gasteiger partial charge in [-0.1, -0.05) is 28.1 Å². The normalized spacial score (nSPS) is 29.9. The zero-order chi connectivity index (χ0) is 18.1. The number of carbonyl (C=O) groups excluding carboxylic acids is 3. The Morgan fingerprint density at radius 1 is 1.25 bits per heavy atom. The quantitative estimate of drug-likeness (QED) is 0.616. The second-order valence-corrected chi connectivity index (χ2v) is 7.00. The molecule has 0 amide bonds. The Labute approximate surface area is 148 Å². The fourth-order valence-corrected chi connectivity index (χ4v) is 3.80. The van der Waals surface area contributed by atoms with E-state index in [0.29, 0.717) is 5.56 Å². The van der Waals surface area contributed by atoms with Gasteiger partial charge in [0.05, 0.1) is 25.7 Å². The number of hydrogen-bond donors (Lipinski definition) is 1. The number of benzene rings is 1. The van der Waals surface area contributed by atoms with Crippen LogP contribution in [-0.2, 0) is 23.9 Å². The number of rotatable bonds is 3. The molecule has 24 heavy (non-hydrogen) atoms. The summed E-state index contributed by atoms with van der Waals surface area (Å²) >= 11 is 3.34. The van der Waals surface area contributed by atoms with Gasteiger partial charge in [-0.3, -0.25) is 14.4 Å². The molecule has 7 heteroatoms. The zero-order valence-corrected chi connectivity index (χ0v) is 15.2. The summed E-state index contributed by atoms with van der Waals surface area (Å²) in [5, 5.41) is 10.7. The summed E-state index contributed by atoms with van der Waals surface area (Å²) in [6.45, 7) is 1.41. The predicted octanol–water partition coefficient (Wildman–Crippen LogP) is 1.83. The van der Waals surface area contributed by atoms with E-state index >= 15 is 0 Å². The molecule has 4 atom stereocenters. The van der Waals surface area contributed by atoms with E-state index in [1.165, 1.54) is 21.1 Å². The Hall–Kier alpha value is -1.73. The summed E-state index contributed by atoms with van der Waals surface area (Å²) in [5.74, 6) is -4.98. The number of hydrogen-bond acceptors (Lipinski definition) is 6. The number of methoxy groups -OCH3 is 2. The first-order valence-corrected chi connectivity index (χ1v) is 8.18. The van der Waals surface area contributed by atoms with Crippen molar-refractivity contribution < 1.29 is 29.0 Å².